The van der Waals surface area contributed by atoms with Crippen molar-refractivity contribution >= 4 is 11.8 Å². The minimum absolute atomic E-state index is 0.336. The first kappa shape index (κ1) is 5.56. The van der Waals surface area contributed by atoms with Crippen LogP contribution in [0.2, 0.25) is 0 Å². The smallest absolute Gasteiger partial charge is 0.239 e. The van der Waals surface area contributed by atoms with Crippen LogP contribution < -0.4 is 10.9 Å². The van der Waals surface area contributed by atoms with Crippen molar-refractivity contribution in [3.05, 3.63) is 26.5 Å². The Morgan fingerprint density at radius 1 is 1.50 bits per heavy atom. The molecule has 0 N–H and O–H groups in total. The van der Waals surface area contributed by atoms with Crippen molar-refractivity contribution in [2.45, 2.75) is 4.90 Å². The molecule has 2 nitrogen and oxygen atoms in total. The fraction of sp³-hybridized carbons (Fsp3) is 0.200. The lowest BCUT2D eigenvalue weighted by Gasteiger charge is -1.90. The van der Waals surface area contributed by atoms with Gasteiger partial charge in [0.2, 0.25) is 10.9 Å². The summed E-state index contributed by atoms with van der Waals surface area (Å²) in [7, 11) is 0. The van der Waals surface area contributed by atoms with Gasteiger partial charge in [-0.1, -0.05) is 0 Å². The molecule has 0 atom stereocenters. The highest BCUT2D eigenvalue weighted by Gasteiger charge is 2.05. The van der Waals surface area contributed by atoms with Crippen LogP contribution in [0.25, 0.3) is 0 Å². The highest BCUT2D eigenvalue weighted by Crippen LogP contribution is 2.05. The van der Waals surface area contributed by atoms with Gasteiger partial charge >= 0.3 is 0 Å². The van der Waals surface area contributed by atoms with Crippen LogP contribution in [0, 0.1) is 0 Å². The van der Waals surface area contributed by atoms with E-state index < -0.39 is 0 Å². The molecule has 0 heterocycles. The summed E-state index contributed by atoms with van der Waals surface area (Å²) < 4.78 is 0. The number of hydrogen-bond acceptors (Lipinski definition) is 3. The minimum atomic E-state index is -0.366. The first-order chi connectivity index (χ1) is 3.75. The third-order valence-electron chi connectivity index (χ3n) is 0.930. The Balaban J connectivity index is 3.11. The van der Waals surface area contributed by atoms with Crippen LogP contribution in [-0.2, 0) is 0 Å². The predicted octanol–water partition coefficient (Wildman–Crippen LogP) is 0.00450. The van der Waals surface area contributed by atoms with Crippen LogP contribution in [0.5, 0.6) is 0 Å². The van der Waals surface area contributed by atoms with Crippen molar-refractivity contribution < 1.29 is 0 Å². The topological polar surface area (TPSA) is 34.1 Å². The molecule has 0 aliphatic carbocycles. The van der Waals surface area contributed by atoms with Gasteiger partial charge in [-0.15, -0.1) is 11.8 Å². The molecule has 1 aromatic rings. The zero-order chi connectivity index (χ0) is 6.15. The highest BCUT2D eigenvalue weighted by atomic mass is 32.2. The maximum Gasteiger partial charge on any atom is 0.239 e. The van der Waals surface area contributed by atoms with Crippen LogP contribution in [0.15, 0.2) is 20.6 Å². The normalized spacial score (nSPS) is 10.1. The van der Waals surface area contributed by atoms with Crippen molar-refractivity contribution in [1.82, 2.24) is 0 Å². The van der Waals surface area contributed by atoms with Crippen LogP contribution >= 0.6 is 11.8 Å². The maximum atomic E-state index is 10.4. The Hall–Kier alpha value is -0.570. The summed E-state index contributed by atoms with van der Waals surface area (Å²) in [4.78, 5) is 21.1. The second-order valence-corrected chi connectivity index (χ2v) is 2.25. The summed E-state index contributed by atoms with van der Waals surface area (Å²) in [5.41, 5.74) is -0.702. The molecule has 0 aromatic heterocycles. The molecule has 0 saturated carbocycles. The van der Waals surface area contributed by atoms with Crippen molar-refractivity contribution in [1.29, 1.82) is 0 Å². The fourth-order valence-corrected chi connectivity index (χ4v) is 0.956. The molecular formula is C5H4O2S. The van der Waals surface area contributed by atoms with Crippen LogP contribution in [-0.4, -0.2) is 6.26 Å². The van der Waals surface area contributed by atoms with Crippen molar-refractivity contribution in [3.8, 4) is 0 Å². The molecule has 0 bridgehead atoms. The number of rotatable bonds is 1. The van der Waals surface area contributed by atoms with E-state index in [0.29, 0.717) is 4.90 Å². The van der Waals surface area contributed by atoms with Gasteiger partial charge in [0.25, 0.3) is 0 Å². The summed E-state index contributed by atoms with van der Waals surface area (Å²) in [6.45, 7) is 0. The molecule has 42 valence electrons. The number of thioether (sulfide) groups is 1. The van der Waals surface area contributed by atoms with Gasteiger partial charge in [0, 0.05) is 6.07 Å². The average molecular weight is 128 g/mol. The van der Waals surface area contributed by atoms with E-state index in [1.165, 1.54) is 17.8 Å². The van der Waals surface area contributed by atoms with E-state index in [1.807, 2.05) is 0 Å². The molecule has 0 fully saturated rings. The zero-order valence-corrected chi connectivity index (χ0v) is 5.12. The predicted molar refractivity (Wildman–Crippen MR) is 33.1 cm³/mol. The van der Waals surface area contributed by atoms with E-state index in [9.17, 15) is 9.59 Å². The molecule has 0 aliphatic heterocycles. The molecule has 1 aromatic carbocycles. The Bertz CT molecular complexity index is 257. The second-order valence-electron chi connectivity index (χ2n) is 1.41. The van der Waals surface area contributed by atoms with E-state index in [0.717, 1.165) is 0 Å². The van der Waals surface area contributed by atoms with Gasteiger partial charge in [-0.05, 0) is 6.26 Å². The Labute approximate surface area is 50.2 Å². The quantitative estimate of drug-likeness (QED) is 0.394. The van der Waals surface area contributed by atoms with E-state index >= 15 is 0 Å². The Morgan fingerprint density at radius 2 is 2.12 bits per heavy atom. The molecule has 1 rings (SSSR count). The van der Waals surface area contributed by atoms with Crippen LogP contribution in [0.4, 0.5) is 0 Å². The first-order valence-electron chi connectivity index (χ1n) is 2.10. The summed E-state index contributed by atoms with van der Waals surface area (Å²) in [5, 5.41) is 0. The Kier molecular flexibility index (Phi) is 1.21. The Morgan fingerprint density at radius 3 is 2.25 bits per heavy atom. The fourth-order valence-electron chi connectivity index (χ4n) is 0.445. The maximum absolute atomic E-state index is 10.4. The van der Waals surface area contributed by atoms with Crippen molar-refractivity contribution in [3.63, 3.8) is 0 Å². The van der Waals surface area contributed by atoms with Gasteiger partial charge in [0.1, 0.15) is 0 Å². The lowest BCUT2D eigenvalue weighted by molar-refractivity contribution is 1.23. The highest BCUT2D eigenvalue weighted by molar-refractivity contribution is 7.98. The summed E-state index contributed by atoms with van der Waals surface area (Å²) in [5.74, 6) is 0. The standard InChI is InChI=1S/C5H4O2S/c1-8-4-2-3(6)5(4)7/h2H,1H3. The van der Waals surface area contributed by atoms with Gasteiger partial charge < -0.3 is 0 Å². The second kappa shape index (κ2) is 1.74. The van der Waals surface area contributed by atoms with E-state index in [2.05, 4.69) is 0 Å². The van der Waals surface area contributed by atoms with E-state index in [-0.39, 0.29) is 10.9 Å². The summed E-state index contributed by atoms with van der Waals surface area (Å²) in [6.07, 6.45) is 1.77. The molecule has 0 saturated heterocycles. The minimum Gasteiger partial charge on any atom is -0.285 e. The molecule has 0 unspecified atom stereocenters. The molecule has 8 heavy (non-hydrogen) atoms. The summed E-state index contributed by atoms with van der Waals surface area (Å²) >= 11 is 1.31. The third-order valence-corrected chi connectivity index (χ3v) is 1.67. The largest absolute Gasteiger partial charge is 0.285 e. The van der Waals surface area contributed by atoms with Gasteiger partial charge in [0.05, 0.1) is 4.90 Å². The summed E-state index contributed by atoms with van der Waals surface area (Å²) in [6, 6.07) is 1.35. The van der Waals surface area contributed by atoms with Crippen molar-refractivity contribution in [2.75, 3.05) is 6.26 Å². The van der Waals surface area contributed by atoms with Gasteiger partial charge in [0.15, 0.2) is 0 Å². The van der Waals surface area contributed by atoms with Gasteiger partial charge in [-0.25, -0.2) is 0 Å². The van der Waals surface area contributed by atoms with Crippen LogP contribution in [0.3, 0.4) is 0 Å². The lowest BCUT2D eigenvalue weighted by Crippen LogP contribution is -2.30. The monoisotopic (exact) mass is 128 g/mol. The molecule has 3 heteroatoms. The molecule has 0 aliphatic rings. The number of hydrogen-bond donors (Lipinski definition) is 0. The van der Waals surface area contributed by atoms with Gasteiger partial charge in [-0.3, -0.25) is 9.59 Å². The van der Waals surface area contributed by atoms with Crippen LogP contribution in [0.1, 0.15) is 0 Å². The van der Waals surface area contributed by atoms with E-state index in [4.69, 9.17) is 0 Å². The average Bonchev–Trinajstić information content (AvgIpc) is 1.81. The third kappa shape index (κ3) is 0.591. The first-order valence-corrected chi connectivity index (χ1v) is 3.32. The molecule has 0 radical (unpaired) electrons. The van der Waals surface area contributed by atoms with Gasteiger partial charge in [-0.2, -0.15) is 0 Å². The molecular weight excluding hydrogens is 124 g/mol. The lowest BCUT2D eigenvalue weighted by atomic mass is 10.3. The SMILES string of the molecule is CSc1cc(=O)c1=O. The van der Waals surface area contributed by atoms with E-state index in [1.54, 1.807) is 6.26 Å². The zero-order valence-electron chi connectivity index (χ0n) is 4.30. The molecule has 0 amide bonds. The van der Waals surface area contributed by atoms with Crippen molar-refractivity contribution in [2.24, 2.45) is 0 Å². The molecule has 0 spiro atoms.